The Labute approximate surface area is 98.3 Å². The van der Waals surface area contributed by atoms with Gasteiger partial charge in [-0.2, -0.15) is 0 Å². The van der Waals surface area contributed by atoms with Gasteiger partial charge in [0, 0.05) is 10.9 Å². The lowest BCUT2D eigenvalue weighted by atomic mass is 9.87. The molecule has 0 saturated carbocycles. The zero-order valence-electron chi connectivity index (χ0n) is 8.00. The van der Waals surface area contributed by atoms with Gasteiger partial charge in [-0.1, -0.05) is 20.8 Å². The predicted molar refractivity (Wildman–Crippen MR) is 65.7 cm³/mol. The third-order valence-corrected chi connectivity index (χ3v) is 3.54. The zero-order valence-corrected chi connectivity index (χ0v) is 11.2. The number of hydrogen-bond donors (Lipinski definition) is 1. The highest BCUT2D eigenvalue weighted by Gasteiger charge is 2.23. The molecule has 1 aromatic rings. The van der Waals surface area contributed by atoms with Gasteiger partial charge < -0.3 is 5.73 Å². The Kier molecular flexibility index (Phi) is 4.94. The molecule has 0 aliphatic rings. The van der Waals surface area contributed by atoms with Gasteiger partial charge in [-0.3, -0.25) is 0 Å². The Morgan fingerprint density at radius 3 is 2.23 bits per heavy atom. The van der Waals surface area contributed by atoms with Crippen molar-refractivity contribution in [3.63, 3.8) is 0 Å². The molecule has 0 aromatic carbocycles. The molecule has 0 spiro atoms. The van der Waals surface area contributed by atoms with E-state index in [-0.39, 0.29) is 23.9 Å². The van der Waals surface area contributed by atoms with E-state index in [1.165, 1.54) is 4.88 Å². The summed E-state index contributed by atoms with van der Waals surface area (Å²) in [5.41, 5.74) is 6.22. The number of rotatable bonds is 1. The maximum absolute atomic E-state index is 6.07. The van der Waals surface area contributed by atoms with Crippen molar-refractivity contribution in [3.05, 3.63) is 20.8 Å². The van der Waals surface area contributed by atoms with Crippen LogP contribution in [0.15, 0.2) is 15.9 Å². The molecule has 1 aromatic heterocycles. The van der Waals surface area contributed by atoms with Crippen LogP contribution in [0.25, 0.3) is 0 Å². The van der Waals surface area contributed by atoms with Crippen LogP contribution < -0.4 is 5.73 Å². The molecule has 1 unspecified atom stereocenters. The molecule has 1 rings (SSSR count). The molecule has 0 amide bonds. The van der Waals surface area contributed by atoms with E-state index < -0.39 is 0 Å². The molecule has 0 aliphatic carbocycles. The minimum atomic E-state index is 0. The molecule has 76 valence electrons. The van der Waals surface area contributed by atoms with E-state index in [4.69, 9.17) is 5.73 Å². The fourth-order valence-electron chi connectivity index (χ4n) is 0.922. The van der Waals surface area contributed by atoms with E-state index in [0.717, 1.165) is 3.79 Å². The fourth-order valence-corrected chi connectivity index (χ4v) is 2.59. The van der Waals surface area contributed by atoms with Gasteiger partial charge in [0.25, 0.3) is 0 Å². The van der Waals surface area contributed by atoms with Crippen molar-refractivity contribution in [2.24, 2.45) is 11.1 Å². The van der Waals surface area contributed by atoms with Gasteiger partial charge >= 0.3 is 0 Å². The zero-order chi connectivity index (χ0) is 9.35. The van der Waals surface area contributed by atoms with Crippen LogP contribution in [0.4, 0.5) is 0 Å². The summed E-state index contributed by atoms with van der Waals surface area (Å²) in [6.45, 7) is 6.47. The number of thiophene rings is 1. The Hall–Kier alpha value is 0.430. The maximum Gasteiger partial charge on any atom is 0.0701 e. The summed E-state index contributed by atoms with van der Waals surface area (Å²) in [6, 6.07) is 4.27. The molecular formula is C9H15BrClNS. The van der Waals surface area contributed by atoms with Crippen molar-refractivity contribution >= 4 is 39.7 Å². The van der Waals surface area contributed by atoms with Crippen molar-refractivity contribution in [3.8, 4) is 0 Å². The van der Waals surface area contributed by atoms with E-state index in [1.807, 2.05) is 6.07 Å². The minimum absolute atomic E-state index is 0. The van der Waals surface area contributed by atoms with Gasteiger partial charge in [0.05, 0.1) is 3.79 Å². The van der Waals surface area contributed by atoms with Crippen LogP contribution in [-0.4, -0.2) is 0 Å². The van der Waals surface area contributed by atoms with E-state index in [2.05, 4.69) is 42.8 Å². The first kappa shape index (κ1) is 13.4. The first-order valence-corrected chi connectivity index (χ1v) is 5.53. The third-order valence-electron chi connectivity index (χ3n) is 1.83. The summed E-state index contributed by atoms with van der Waals surface area (Å²) in [6.07, 6.45) is 0. The third kappa shape index (κ3) is 3.58. The maximum atomic E-state index is 6.07. The summed E-state index contributed by atoms with van der Waals surface area (Å²) in [4.78, 5) is 1.24. The van der Waals surface area contributed by atoms with E-state index in [9.17, 15) is 0 Å². The van der Waals surface area contributed by atoms with Crippen LogP contribution in [-0.2, 0) is 0 Å². The fraction of sp³-hybridized carbons (Fsp3) is 0.556. The van der Waals surface area contributed by atoms with E-state index >= 15 is 0 Å². The van der Waals surface area contributed by atoms with Crippen LogP contribution >= 0.6 is 39.7 Å². The second-order valence-corrected chi connectivity index (χ2v) is 6.48. The highest BCUT2D eigenvalue weighted by Crippen LogP contribution is 2.35. The predicted octanol–water partition coefficient (Wildman–Crippen LogP) is 3.98. The van der Waals surface area contributed by atoms with E-state index in [1.54, 1.807) is 11.3 Å². The monoisotopic (exact) mass is 283 g/mol. The smallest absolute Gasteiger partial charge is 0.0701 e. The standard InChI is InChI=1S/C9H14BrNS.ClH/c1-9(2,3)8(11)6-4-5-7(10)12-6;/h4-5,8H,11H2,1-3H3;1H. The number of nitrogens with two attached hydrogens (primary N) is 1. The van der Waals surface area contributed by atoms with Crippen LogP contribution in [0.1, 0.15) is 31.7 Å². The Morgan fingerprint density at radius 2 is 1.92 bits per heavy atom. The topological polar surface area (TPSA) is 26.0 Å². The molecule has 4 heteroatoms. The summed E-state index contributed by atoms with van der Waals surface area (Å²) >= 11 is 5.14. The lowest BCUT2D eigenvalue weighted by Crippen LogP contribution is -2.25. The van der Waals surface area contributed by atoms with E-state index in [0.29, 0.717) is 0 Å². The van der Waals surface area contributed by atoms with Crippen molar-refractivity contribution < 1.29 is 0 Å². The molecule has 0 fully saturated rings. The normalized spacial score (nSPS) is 13.6. The highest BCUT2D eigenvalue weighted by atomic mass is 79.9. The van der Waals surface area contributed by atoms with Crippen molar-refractivity contribution in [2.45, 2.75) is 26.8 Å². The molecule has 2 N–H and O–H groups in total. The van der Waals surface area contributed by atoms with Gasteiger partial charge in [0.1, 0.15) is 0 Å². The van der Waals surface area contributed by atoms with Crippen LogP contribution in [0.2, 0.25) is 0 Å². The molecular weight excluding hydrogens is 270 g/mol. The largest absolute Gasteiger partial charge is 0.323 e. The first-order chi connectivity index (χ1) is 5.41. The summed E-state index contributed by atoms with van der Waals surface area (Å²) in [7, 11) is 0. The Morgan fingerprint density at radius 1 is 1.38 bits per heavy atom. The molecule has 1 nitrogen and oxygen atoms in total. The number of hydrogen-bond acceptors (Lipinski definition) is 2. The molecule has 0 radical (unpaired) electrons. The summed E-state index contributed by atoms with van der Waals surface area (Å²) < 4.78 is 1.15. The van der Waals surface area contributed by atoms with Gasteiger partial charge in [0.2, 0.25) is 0 Å². The quantitative estimate of drug-likeness (QED) is 0.829. The average Bonchev–Trinajstić information content (AvgIpc) is 2.32. The first-order valence-electron chi connectivity index (χ1n) is 3.92. The van der Waals surface area contributed by atoms with Gasteiger partial charge in [0.15, 0.2) is 0 Å². The molecule has 0 saturated heterocycles. The van der Waals surface area contributed by atoms with Gasteiger partial charge in [-0.05, 0) is 33.5 Å². The highest BCUT2D eigenvalue weighted by molar-refractivity contribution is 9.11. The minimum Gasteiger partial charge on any atom is -0.323 e. The van der Waals surface area contributed by atoms with Crippen molar-refractivity contribution in [1.29, 1.82) is 0 Å². The summed E-state index contributed by atoms with van der Waals surface area (Å²) in [5.74, 6) is 0. The second-order valence-electron chi connectivity index (χ2n) is 3.99. The Balaban J connectivity index is 0.00000144. The summed E-state index contributed by atoms with van der Waals surface area (Å²) in [5, 5.41) is 0. The van der Waals surface area contributed by atoms with Crippen molar-refractivity contribution in [1.82, 2.24) is 0 Å². The van der Waals surface area contributed by atoms with Gasteiger partial charge in [-0.25, -0.2) is 0 Å². The van der Waals surface area contributed by atoms with Gasteiger partial charge in [-0.15, -0.1) is 23.7 Å². The number of halogens is 2. The van der Waals surface area contributed by atoms with Crippen LogP contribution in [0, 0.1) is 5.41 Å². The molecule has 1 atom stereocenters. The molecule has 13 heavy (non-hydrogen) atoms. The molecule has 1 heterocycles. The van der Waals surface area contributed by atoms with Crippen LogP contribution in [0.3, 0.4) is 0 Å². The van der Waals surface area contributed by atoms with Crippen LogP contribution in [0.5, 0.6) is 0 Å². The van der Waals surface area contributed by atoms with Crippen molar-refractivity contribution in [2.75, 3.05) is 0 Å². The average molecular weight is 285 g/mol. The molecule has 0 bridgehead atoms. The Bertz CT molecular complexity index is 267. The SMILES string of the molecule is CC(C)(C)C(N)c1ccc(Br)s1.Cl. The lowest BCUT2D eigenvalue weighted by Gasteiger charge is -2.25. The second kappa shape index (κ2) is 4.78. The molecule has 0 aliphatic heterocycles. The lowest BCUT2D eigenvalue weighted by molar-refractivity contribution is 0.331.